The number of ketones is 1. The van der Waals surface area contributed by atoms with Gasteiger partial charge in [-0.3, -0.25) is 14.4 Å². The molecule has 1 fully saturated rings. The Hall–Kier alpha value is -3.95. The summed E-state index contributed by atoms with van der Waals surface area (Å²) in [5, 5.41) is 8.55. The summed E-state index contributed by atoms with van der Waals surface area (Å²) in [7, 11) is 2.05. The number of aromatic nitrogens is 3. The van der Waals surface area contributed by atoms with E-state index in [1.807, 2.05) is 41.5 Å². The van der Waals surface area contributed by atoms with Gasteiger partial charge >= 0.3 is 0 Å². The van der Waals surface area contributed by atoms with E-state index in [4.69, 9.17) is 11.6 Å². The zero-order valence-corrected chi connectivity index (χ0v) is 23.7. The van der Waals surface area contributed by atoms with Crippen LogP contribution in [0, 0.1) is 6.92 Å². The number of carbonyl (C=O) groups is 3. The average Bonchev–Trinajstić information content (AvgIpc) is 3.49. The van der Waals surface area contributed by atoms with Crippen molar-refractivity contribution in [1.29, 1.82) is 0 Å². The fraction of sp³-hybridized carbons (Fsp3) is 0.333. The Labute approximate surface area is 238 Å². The van der Waals surface area contributed by atoms with Gasteiger partial charge in [0.1, 0.15) is 6.54 Å². The number of hydrogen-bond donors (Lipinski definition) is 1. The summed E-state index contributed by atoms with van der Waals surface area (Å²) in [4.78, 5) is 42.9. The van der Waals surface area contributed by atoms with Crippen molar-refractivity contribution in [2.45, 2.75) is 33.2 Å². The highest BCUT2D eigenvalue weighted by atomic mass is 35.5. The highest BCUT2D eigenvalue weighted by Crippen LogP contribution is 2.27. The second-order valence-corrected chi connectivity index (χ2v) is 10.7. The molecule has 1 aliphatic rings. The van der Waals surface area contributed by atoms with Gasteiger partial charge in [-0.25, -0.2) is 4.68 Å². The number of carbonyl (C=O) groups excluding carboxylic acids is 3. The van der Waals surface area contributed by atoms with Crippen molar-refractivity contribution >= 4 is 45.8 Å². The maximum absolute atomic E-state index is 13.4. The minimum absolute atomic E-state index is 0.0240. The molecule has 0 atom stereocenters. The number of halogens is 1. The van der Waals surface area contributed by atoms with E-state index in [9.17, 15) is 14.4 Å². The lowest BCUT2D eigenvalue weighted by Gasteiger charge is -2.32. The predicted molar refractivity (Wildman–Crippen MR) is 157 cm³/mol. The minimum Gasteiger partial charge on any atom is -0.339 e. The minimum atomic E-state index is -0.298. The van der Waals surface area contributed by atoms with E-state index in [1.54, 1.807) is 41.3 Å². The largest absolute Gasteiger partial charge is 0.339 e. The third kappa shape index (κ3) is 5.66. The van der Waals surface area contributed by atoms with Crippen molar-refractivity contribution in [2.75, 3.05) is 38.5 Å². The molecule has 0 aliphatic carbocycles. The Morgan fingerprint density at radius 3 is 2.42 bits per heavy atom. The van der Waals surface area contributed by atoms with Crippen LogP contribution in [0.1, 0.15) is 46.2 Å². The van der Waals surface area contributed by atoms with Crippen molar-refractivity contribution in [3.8, 4) is 5.69 Å². The van der Waals surface area contributed by atoms with E-state index in [-0.39, 0.29) is 24.1 Å². The van der Waals surface area contributed by atoms with Crippen LogP contribution in [0.2, 0.25) is 5.02 Å². The number of fused-ring (bicyclic) bond motifs is 1. The number of Topliss-reactive ketones (excluding diaryl/α,β-unsaturated/α-hetero) is 1. The van der Waals surface area contributed by atoms with E-state index in [0.29, 0.717) is 46.7 Å². The van der Waals surface area contributed by atoms with Gasteiger partial charge in [-0.2, -0.15) is 5.10 Å². The van der Waals surface area contributed by atoms with Gasteiger partial charge in [0.05, 0.1) is 28.7 Å². The lowest BCUT2D eigenvalue weighted by molar-refractivity contribution is -0.133. The van der Waals surface area contributed by atoms with Crippen LogP contribution in [-0.2, 0) is 11.3 Å². The third-order valence-electron chi connectivity index (χ3n) is 7.41. The summed E-state index contributed by atoms with van der Waals surface area (Å²) < 4.78 is 3.55. The molecule has 1 N–H and O–H groups in total. The number of nitrogens with zero attached hydrogens (tertiary/aromatic N) is 5. The number of piperazine rings is 1. The number of anilines is 1. The lowest BCUT2D eigenvalue weighted by atomic mass is 10.1. The second kappa shape index (κ2) is 11.7. The first-order chi connectivity index (χ1) is 19.2. The van der Waals surface area contributed by atoms with Gasteiger partial charge in [-0.15, -0.1) is 0 Å². The Morgan fingerprint density at radius 1 is 1.00 bits per heavy atom. The summed E-state index contributed by atoms with van der Waals surface area (Å²) in [5.74, 6) is -0.191. The Balaban J connectivity index is 1.34. The van der Waals surface area contributed by atoms with Crippen LogP contribution in [0.5, 0.6) is 0 Å². The van der Waals surface area contributed by atoms with Crippen molar-refractivity contribution < 1.29 is 14.4 Å². The van der Waals surface area contributed by atoms with E-state index < -0.39 is 0 Å². The number of benzene rings is 2. The van der Waals surface area contributed by atoms with Crippen molar-refractivity contribution in [3.63, 3.8) is 0 Å². The van der Waals surface area contributed by atoms with Crippen molar-refractivity contribution in [3.05, 3.63) is 76.7 Å². The van der Waals surface area contributed by atoms with Crippen LogP contribution in [0.4, 0.5) is 5.69 Å². The van der Waals surface area contributed by atoms with Crippen LogP contribution in [0.25, 0.3) is 16.6 Å². The molecular formula is C30H33ClN6O3. The first kappa shape index (κ1) is 27.6. The summed E-state index contributed by atoms with van der Waals surface area (Å²) in [5.41, 5.74) is 4.02. The molecule has 1 saturated heterocycles. The fourth-order valence-electron chi connectivity index (χ4n) is 5.07. The molecule has 0 bridgehead atoms. The molecule has 2 aromatic heterocycles. The van der Waals surface area contributed by atoms with Gasteiger partial charge in [0.15, 0.2) is 5.78 Å². The summed E-state index contributed by atoms with van der Waals surface area (Å²) in [6.45, 7) is 7.08. The number of rotatable bonds is 8. The molecule has 5 rings (SSSR count). The Bertz CT molecular complexity index is 1560. The molecule has 1 aliphatic heterocycles. The average molecular weight is 561 g/mol. The molecule has 4 aromatic rings. The van der Waals surface area contributed by atoms with Crippen LogP contribution < -0.4 is 5.32 Å². The topological polar surface area (TPSA) is 92.5 Å². The molecule has 40 heavy (non-hydrogen) atoms. The van der Waals surface area contributed by atoms with E-state index in [1.165, 1.54) is 0 Å². The number of likely N-dealkylation sites (N-methyl/N-ethyl adjacent to an activating group) is 1. The number of nitrogens with one attached hydrogen (secondary N) is 1. The molecular weight excluding hydrogens is 528 g/mol. The second-order valence-electron chi connectivity index (χ2n) is 10.2. The van der Waals surface area contributed by atoms with Crippen LogP contribution in [0.15, 0.2) is 54.9 Å². The molecule has 0 saturated carbocycles. The van der Waals surface area contributed by atoms with Crippen molar-refractivity contribution in [1.82, 2.24) is 24.1 Å². The normalized spacial score (nSPS) is 14.1. The SMILES string of the molecule is CCCC(=O)c1cnn(-c2ccc(NC(=O)c3cn(CC(=O)N4CCN(C)CC4)c4ccc(Cl)cc34)cc2)c1C. The van der Waals surface area contributed by atoms with Gasteiger partial charge in [0.25, 0.3) is 5.91 Å². The summed E-state index contributed by atoms with van der Waals surface area (Å²) in [6, 6.07) is 12.6. The molecule has 3 heterocycles. The maximum Gasteiger partial charge on any atom is 0.257 e. The monoisotopic (exact) mass is 560 g/mol. The van der Waals surface area contributed by atoms with Gasteiger partial charge in [-0.05, 0) is 62.9 Å². The Kier molecular flexibility index (Phi) is 8.04. The third-order valence-corrected chi connectivity index (χ3v) is 7.64. The maximum atomic E-state index is 13.4. The standard InChI is InChI=1S/C30H33ClN6O3/c1-4-5-28(38)25-17-32-37(20(25)2)23-9-7-22(8-10-23)33-30(40)26-18-36(27-11-6-21(31)16-24(26)27)19-29(39)35-14-12-34(3)13-15-35/h6-11,16-18H,4-5,12-15,19H2,1-3H3,(H,33,40). The summed E-state index contributed by atoms with van der Waals surface area (Å²) in [6.07, 6.45) is 4.61. The molecule has 0 spiro atoms. The molecule has 10 heteroatoms. The molecule has 0 radical (unpaired) electrons. The fourth-order valence-corrected chi connectivity index (χ4v) is 5.24. The highest BCUT2D eigenvalue weighted by molar-refractivity contribution is 6.31. The van der Waals surface area contributed by atoms with Crippen LogP contribution >= 0.6 is 11.6 Å². The zero-order chi connectivity index (χ0) is 28.4. The van der Waals surface area contributed by atoms with E-state index >= 15 is 0 Å². The number of amides is 2. The van der Waals surface area contributed by atoms with Gasteiger partial charge in [0, 0.05) is 60.4 Å². The predicted octanol–water partition coefficient (Wildman–Crippen LogP) is 4.80. The van der Waals surface area contributed by atoms with Gasteiger partial charge < -0.3 is 19.7 Å². The van der Waals surface area contributed by atoms with Crippen LogP contribution in [-0.4, -0.2) is 75.0 Å². The zero-order valence-electron chi connectivity index (χ0n) is 23.0. The molecule has 9 nitrogen and oxygen atoms in total. The van der Waals surface area contributed by atoms with Crippen molar-refractivity contribution in [2.24, 2.45) is 0 Å². The van der Waals surface area contributed by atoms with Gasteiger partial charge in [-0.1, -0.05) is 18.5 Å². The van der Waals surface area contributed by atoms with Gasteiger partial charge in [0.2, 0.25) is 5.91 Å². The molecule has 0 unspecified atom stereocenters. The lowest BCUT2D eigenvalue weighted by Crippen LogP contribution is -2.48. The first-order valence-corrected chi connectivity index (χ1v) is 13.9. The van der Waals surface area contributed by atoms with E-state index in [2.05, 4.69) is 22.4 Å². The summed E-state index contributed by atoms with van der Waals surface area (Å²) >= 11 is 6.28. The highest BCUT2D eigenvalue weighted by Gasteiger charge is 2.22. The Morgan fingerprint density at radius 2 is 1.73 bits per heavy atom. The van der Waals surface area contributed by atoms with E-state index in [0.717, 1.165) is 36.4 Å². The smallest absolute Gasteiger partial charge is 0.257 e. The quantitative estimate of drug-likeness (QED) is 0.313. The van der Waals surface area contributed by atoms with Crippen LogP contribution in [0.3, 0.4) is 0 Å². The first-order valence-electron chi connectivity index (χ1n) is 13.5. The molecule has 208 valence electrons. The number of hydrogen-bond acceptors (Lipinski definition) is 5. The molecule has 2 aromatic carbocycles. The molecule has 2 amide bonds.